The summed E-state index contributed by atoms with van der Waals surface area (Å²) in [6.07, 6.45) is 3.17. The number of rotatable bonds is 13. The third-order valence-corrected chi connectivity index (χ3v) is 12.4. The number of amides is 4. The number of carbonyl (C=O) groups is 4. The second kappa shape index (κ2) is 15.5. The van der Waals surface area contributed by atoms with E-state index in [2.05, 4.69) is 32.2 Å². The van der Waals surface area contributed by atoms with Crippen LogP contribution in [-0.2, 0) is 24.4 Å². The first kappa shape index (κ1) is 40.3. The summed E-state index contributed by atoms with van der Waals surface area (Å²) >= 11 is 6.37. The lowest BCUT2D eigenvalue weighted by atomic mass is 9.85. The van der Waals surface area contributed by atoms with Gasteiger partial charge in [0.25, 0.3) is 11.8 Å². The Hall–Kier alpha value is -4.89. The third kappa shape index (κ3) is 9.14. The molecule has 0 bridgehead atoms. The van der Waals surface area contributed by atoms with Gasteiger partial charge in [0.1, 0.15) is 29.5 Å². The van der Waals surface area contributed by atoms with E-state index in [0.29, 0.717) is 45.6 Å². The standard InChI is InChI=1S/C41H51ClN6O8S/c1-9-24-20-41(24,38(52)47-57(53,54)28-14-15-28)46-35(50)31-19-27(56-36-30-18-25(42)13-16-29(30)32(55-8)21-43-36)22-48(31)37(51)33(39(2,3)4)44-26-12-10-11-23(17-26)34(49)45-40(5,6)7/h9-13,16-18,21,24,27-28,31,33,44H,1,14-15,19-20,22H2,2-8H3,(H,45,49)(H,46,50)(H,47,52)/t24-,27-,31+,33-,41-/m1/s1/i2D. The zero-order chi connectivity index (χ0) is 42.4. The minimum Gasteiger partial charge on any atom is -0.494 e. The molecule has 0 unspecified atom stereocenters. The average molecular weight is 824 g/mol. The molecule has 16 heteroatoms. The highest BCUT2D eigenvalue weighted by atomic mass is 35.5. The zero-order valence-electron chi connectivity index (χ0n) is 34.0. The number of anilines is 1. The van der Waals surface area contributed by atoms with Crippen molar-refractivity contribution in [2.45, 2.75) is 102 Å². The molecular formula is C41H51ClN6O8S. The number of aromatic nitrogens is 1. The van der Waals surface area contributed by atoms with Crippen LogP contribution in [0.3, 0.4) is 0 Å². The Bertz CT molecular complexity index is 2250. The minimum absolute atomic E-state index is 0.0271. The number of nitrogens with zero attached hydrogens (tertiary/aromatic N) is 2. The number of hydrogen-bond donors (Lipinski definition) is 4. The summed E-state index contributed by atoms with van der Waals surface area (Å²) in [6.45, 7) is 12.6. The number of methoxy groups -OCH3 is 1. The van der Waals surface area contributed by atoms with Gasteiger partial charge in [0.15, 0.2) is 0 Å². The molecule has 2 aromatic carbocycles. The SMILES string of the molecule is [2H]CC(C)(C)[C@H](Nc1cccc(C(=O)NC(C)(C)C)c1)C(=O)N1C[C@H](Oc2ncc(OC)c3ccc(Cl)cc23)C[C@H]1C(=O)N[C@]1(C(=O)NS(=O)(=O)C2CC2)C[C@H]1C=C. The maximum Gasteiger partial charge on any atom is 0.259 e. The molecule has 3 aromatic rings. The smallest absolute Gasteiger partial charge is 0.259 e. The van der Waals surface area contributed by atoms with Crippen LogP contribution in [0, 0.1) is 11.3 Å². The molecule has 5 atom stereocenters. The lowest BCUT2D eigenvalue weighted by Gasteiger charge is -2.36. The number of likely N-dealkylation sites (tertiary alicyclic amines) is 1. The first-order valence-corrected chi connectivity index (χ1v) is 20.7. The van der Waals surface area contributed by atoms with E-state index in [0.717, 1.165) is 0 Å². The van der Waals surface area contributed by atoms with Crippen molar-refractivity contribution < 1.29 is 38.4 Å². The molecule has 2 saturated carbocycles. The van der Waals surface area contributed by atoms with Gasteiger partial charge in [-0.1, -0.05) is 44.5 Å². The monoisotopic (exact) mass is 823 g/mol. The van der Waals surface area contributed by atoms with Gasteiger partial charge in [0, 0.05) is 46.3 Å². The van der Waals surface area contributed by atoms with Crippen LogP contribution >= 0.6 is 11.6 Å². The van der Waals surface area contributed by atoms with Gasteiger partial charge in [-0.15, -0.1) is 6.58 Å². The molecular weight excluding hydrogens is 772 g/mol. The van der Waals surface area contributed by atoms with Gasteiger partial charge in [-0.05, 0) is 81.8 Å². The number of benzene rings is 2. The van der Waals surface area contributed by atoms with Crippen LogP contribution in [0.5, 0.6) is 11.6 Å². The molecule has 3 fully saturated rings. The number of ether oxygens (including phenoxy) is 2. The molecule has 0 spiro atoms. The maximum atomic E-state index is 15.0. The number of hydrogen-bond acceptors (Lipinski definition) is 10. The Labute approximate surface area is 339 Å². The van der Waals surface area contributed by atoms with Crippen LogP contribution in [0.2, 0.25) is 5.02 Å². The normalized spacial score (nSPS) is 22.8. The molecule has 1 aromatic heterocycles. The number of halogens is 1. The van der Waals surface area contributed by atoms with Crippen molar-refractivity contribution in [3.63, 3.8) is 0 Å². The van der Waals surface area contributed by atoms with E-state index in [4.69, 9.17) is 22.4 Å². The molecule has 2 aliphatic carbocycles. The van der Waals surface area contributed by atoms with Crippen LogP contribution < -0.4 is 30.1 Å². The summed E-state index contributed by atoms with van der Waals surface area (Å²) in [5.74, 6) is -2.27. The Morgan fingerprint density at radius 1 is 1.11 bits per heavy atom. The van der Waals surface area contributed by atoms with Gasteiger partial charge in [-0.2, -0.15) is 0 Å². The predicted octanol–water partition coefficient (Wildman–Crippen LogP) is 4.97. The Kier molecular flexibility index (Phi) is 10.9. The van der Waals surface area contributed by atoms with Gasteiger partial charge in [0.2, 0.25) is 27.7 Å². The molecule has 1 aliphatic heterocycles. The molecule has 0 radical (unpaired) electrons. The Morgan fingerprint density at radius 3 is 2.47 bits per heavy atom. The number of fused-ring (bicyclic) bond motifs is 1. The molecule has 4 amide bonds. The predicted molar refractivity (Wildman–Crippen MR) is 218 cm³/mol. The van der Waals surface area contributed by atoms with Crippen molar-refractivity contribution in [2.75, 3.05) is 19.0 Å². The average Bonchev–Trinajstić information content (AvgIpc) is 4.10. The topological polar surface area (TPSA) is 185 Å². The minimum atomic E-state index is -3.93. The molecule has 14 nitrogen and oxygen atoms in total. The van der Waals surface area contributed by atoms with E-state index in [1.54, 1.807) is 56.3 Å². The van der Waals surface area contributed by atoms with E-state index in [9.17, 15) is 27.6 Å². The summed E-state index contributed by atoms with van der Waals surface area (Å²) in [4.78, 5) is 62.0. The van der Waals surface area contributed by atoms with Crippen molar-refractivity contribution in [1.29, 1.82) is 0 Å². The molecule has 57 heavy (non-hydrogen) atoms. The van der Waals surface area contributed by atoms with Crippen LogP contribution in [0.4, 0.5) is 5.69 Å². The van der Waals surface area contributed by atoms with Crippen LogP contribution in [-0.4, -0.2) is 90.1 Å². The van der Waals surface area contributed by atoms with Crippen LogP contribution in [0.25, 0.3) is 10.8 Å². The third-order valence-electron chi connectivity index (χ3n) is 10.3. The van der Waals surface area contributed by atoms with Crippen molar-refractivity contribution in [1.82, 2.24) is 25.2 Å². The van der Waals surface area contributed by atoms with Crippen LogP contribution in [0.15, 0.2) is 61.3 Å². The highest BCUT2D eigenvalue weighted by Crippen LogP contribution is 2.46. The van der Waals surface area contributed by atoms with E-state index in [-0.39, 0.29) is 38.1 Å². The van der Waals surface area contributed by atoms with E-state index >= 15 is 0 Å². The van der Waals surface area contributed by atoms with E-state index < -0.39 is 73.6 Å². The van der Waals surface area contributed by atoms with Gasteiger partial charge < -0.3 is 30.3 Å². The van der Waals surface area contributed by atoms with E-state index in [1.807, 2.05) is 20.8 Å². The van der Waals surface area contributed by atoms with Gasteiger partial charge in [0.05, 0.1) is 25.1 Å². The molecule has 1 saturated heterocycles. The largest absolute Gasteiger partial charge is 0.494 e. The van der Waals surface area contributed by atoms with Gasteiger partial charge >= 0.3 is 0 Å². The first-order chi connectivity index (χ1) is 27.2. The second-order valence-electron chi connectivity index (χ2n) is 16.8. The number of sulfonamides is 1. The summed E-state index contributed by atoms with van der Waals surface area (Å²) in [5, 5.41) is 9.98. The van der Waals surface area contributed by atoms with Crippen molar-refractivity contribution in [2.24, 2.45) is 11.3 Å². The summed E-state index contributed by atoms with van der Waals surface area (Å²) in [7, 11) is -2.42. The quantitative estimate of drug-likeness (QED) is 0.172. The van der Waals surface area contributed by atoms with Gasteiger partial charge in [-0.3, -0.25) is 23.9 Å². The summed E-state index contributed by atoms with van der Waals surface area (Å²) in [5.41, 5.74) is -2.29. The Morgan fingerprint density at radius 2 is 1.84 bits per heavy atom. The molecule has 306 valence electrons. The lowest BCUT2D eigenvalue weighted by Crippen LogP contribution is -2.58. The lowest BCUT2D eigenvalue weighted by molar-refractivity contribution is -0.141. The highest BCUT2D eigenvalue weighted by Gasteiger charge is 2.62. The number of nitrogens with one attached hydrogen (secondary N) is 4. The van der Waals surface area contributed by atoms with Crippen LogP contribution in [0.1, 0.15) is 78.9 Å². The van der Waals surface area contributed by atoms with Crippen molar-refractivity contribution in [3.05, 3.63) is 71.9 Å². The fourth-order valence-corrected chi connectivity index (χ4v) is 8.60. The summed E-state index contributed by atoms with van der Waals surface area (Å²) < 4.78 is 48.1. The van der Waals surface area contributed by atoms with E-state index in [1.165, 1.54) is 24.3 Å². The molecule has 2 heterocycles. The first-order valence-electron chi connectivity index (χ1n) is 19.5. The fourth-order valence-electron chi connectivity index (χ4n) is 7.06. The fraction of sp³-hybridized carbons (Fsp3) is 0.488. The molecule has 4 N–H and O–H groups in total. The molecule has 6 rings (SSSR count). The number of pyridine rings is 1. The van der Waals surface area contributed by atoms with Crippen molar-refractivity contribution >= 4 is 61.7 Å². The highest BCUT2D eigenvalue weighted by molar-refractivity contribution is 7.91. The van der Waals surface area contributed by atoms with Gasteiger partial charge in [-0.25, -0.2) is 13.4 Å². The Balaban J connectivity index is 1.34. The zero-order valence-corrected chi connectivity index (χ0v) is 34.6. The summed E-state index contributed by atoms with van der Waals surface area (Å²) in [6, 6.07) is 9.54. The maximum absolute atomic E-state index is 15.0. The second-order valence-corrected chi connectivity index (χ2v) is 19.2. The number of carbonyl (C=O) groups excluding carboxylic acids is 4. The molecule has 3 aliphatic rings. The van der Waals surface area contributed by atoms with Crippen molar-refractivity contribution in [3.8, 4) is 11.6 Å².